The summed E-state index contributed by atoms with van der Waals surface area (Å²) in [7, 11) is 3.80. The first-order valence-corrected chi connectivity index (χ1v) is 7.37. The number of aliphatic hydroxyl groups is 1. The molecule has 1 heterocycles. The molecule has 5 nitrogen and oxygen atoms in total. The van der Waals surface area contributed by atoms with Crippen LogP contribution in [0.2, 0.25) is 0 Å². The van der Waals surface area contributed by atoms with E-state index >= 15 is 0 Å². The van der Waals surface area contributed by atoms with Gasteiger partial charge < -0.3 is 20.6 Å². The lowest BCUT2D eigenvalue weighted by Gasteiger charge is -2.30. The molecule has 0 aliphatic carbocycles. The first-order valence-electron chi connectivity index (χ1n) is 7.37. The van der Waals surface area contributed by atoms with E-state index in [0.717, 1.165) is 24.2 Å². The Morgan fingerprint density at radius 1 is 1.48 bits per heavy atom. The minimum atomic E-state index is -0.925. The summed E-state index contributed by atoms with van der Waals surface area (Å²) in [6.07, 6.45) is 0.776. The molecular formula is C16H25N3O2. The van der Waals surface area contributed by atoms with E-state index in [4.69, 9.17) is 0 Å². The van der Waals surface area contributed by atoms with E-state index in [-0.39, 0.29) is 18.4 Å². The van der Waals surface area contributed by atoms with Crippen LogP contribution in [0.4, 0.5) is 5.69 Å². The fraction of sp³-hybridized carbons (Fsp3) is 0.562. The Labute approximate surface area is 126 Å². The smallest absolute Gasteiger partial charge is 0.227 e. The van der Waals surface area contributed by atoms with Crippen LogP contribution in [0, 0.1) is 0 Å². The molecule has 3 N–H and O–H groups in total. The predicted octanol–water partition coefficient (Wildman–Crippen LogP) is 1.01. The van der Waals surface area contributed by atoms with Crippen molar-refractivity contribution in [2.75, 3.05) is 39.0 Å². The molecule has 116 valence electrons. The molecule has 2 unspecified atom stereocenters. The lowest BCUT2D eigenvalue weighted by molar-refractivity contribution is -0.124. The van der Waals surface area contributed by atoms with Crippen molar-refractivity contribution in [1.82, 2.24) is 10.2 Å². The summed E-state index contributed by atoms with van der Waals surface area (Å²) in [6.45, 7) is 3.30. The van der Waals surface area contributed by atoms with Crippen LogP contribution in [0.5, 0.6) is 0 Å². The number of nitrogens with one attached hydrogen (secondary N) is 2. The average molecular weight is 291 g/mol. The van der Waals surface area contributed by atoms with E-state index in [1.807, 2.05) is 43.3 Å². The Balaban J connectivity index is 1.99. The SMILES string of the molecule is CN(C)CC(C)(O)CNC(=O)C1CCNc2ccccc21. The van der Waals surface area contributed by atoms with E-state index < -0.39 is 5.60 Å². The molecule has 0 saturated heterocycles. The minimum Gasteiger partial charge on any atom is -0.387 e. The molecule has 2 atom stereocenters. The van der Waals surface area contributed by atoms with Crippen LogP contribution in [0.1, 0.15) is 24.8 Å². The van der Waals surface area contributed by atoms with E-state index in [9.17, 15) is 9.90 Å². The molecule has 0 radical (unpaired) electrons. The van der Waals surface area contributed by atoms with Gasteiger partial charge in [-0.2, -0.15) is 0 Å². The number of carbonyl (C=O) groups is 1. The summed E-state index contributed by atoms with van der Waals surface area (Å²) in [5.41, 5.74) is 1.14. The number of hydrogen-bond donors (Lipinski definition) is 3. The number of carbonyl (C=O) groups excluding carboxylic acids is 1. The van der Waals surface area contributed by atoms with Gasteiger partial charge in [0.05, 0.1) is 11.5 Å². The van der Waals surface area contributed by atoms with Crippen molar-refractivity contribution in [3.63, 3.8) is 0 Å². The van der Waals surface area contributed by atoms with E-state index in [0.29, 0.717) is 6.54 Å². The van der Waals surface area contributed by atoms with Crippen molar-refractivity contribution in [3.8, 4) is 0 Å². The summed E-state index contributed by atoms with van der Waals surface area (Å²) in [4.78, 5) is 14.3. The molecule has 0 bridgehead atoms. The highest BCUT2D eigenvalue weighted by atomic mass is 16.3. The van der Waals surface area contributed by atoms with Gasteiger partial charge in [0.1, 0.15) is 0 Å². The molecule has 1 aromatic carbocycles. The van der Waals surface area contributed by atoms with Gasteiger partial charge in [-0.15, -0.1) is 0 Å². The highest BCUT2D eigenvalue weighted by Crippen LogP contribution is 2.31. The van der Waals surface area contributed by atoms with Crippen LogP contribution < -0.4 is 10.6 Å². The summed E-state index contributed by atoms with van der Waals surface area (Å²) in [5.74, 6) is -0.152. The highest BCUT2D eigenvalue weighted by Gasteiger charge is 2.28. The molecule has 0 saturated carbocycles. The average Bonchev–Trinajstić information content (AvgIpc) is 2.43. The fourth-order valence-corrected chi connectivity index (χ4v) is 2.88. The molecule has 0 fully saturated rings. The minimum absolute atomic E-state index is 0.0111. The number of benzene rings is 1. The molecule has 21 heavy (non-hydrogen) atoms. The van der Waals surface area contributed by atoms with Gasteiger partial charge in [0, 0.05) is 25.3 Å². The standard InChI is InChI=1S/C16H25N3O2/c1-16(21,11-19(2)3)10-18-15(20)13-8-9-17-14-7-5-4-6-12(13)14/h4-7,13,17,21H,8-11H2,1-3H3,(H,18,20). The third-order valence-electron chi connectivity index (χ3n) is 3.70. The molecule has 1 amide bonds. The Morgan fingerprint density at radius 2 is 2.19 bits per heavy atom. The van der Waals surface area contributed by atoms with Crippen LogP contribution >= 0.6 is 0 Å². The summed E-state index contributed by atoms with van der Waals surface area (Å²) < 4.78 is 0. The van der Waals surface area contributed by atoms with Crippen LogP contribution in [-0.2, 0) is 4.79 Å². The number of fused-ring (bicyclic) bond motifs is 1. The Bertz CT molecular complexity index is 500. The number of rotatable bonds is 5. The first-order chi connectivity index (χ1) is 9.89. The topological polar surface area (TPSA) is 64.6 Å². The molecule has 0 spiro atoms. The van der Waals surface area contributed by atoms with E-state index in [1.165, 1.54) is 0 Å². The molecule has 1 aromatic rings. The van der Waals surface area contributed by atoms with Gasteiger partial charge in [-0.05, 0) is 39.1 Å². The summed E-state index contributed by atoms with van der Waals surface area (Å²) in [5, 5.41) is 16.5. The second-order valence-electron chi connectivity index (χ2n) is 6.31. The zero-order valence-corrected chi connectivity index (χ0v) is 13.0. The number of likely N-dealkylation sites (N-methyl/N-ethyl adjacent to an activating group) is 1. The maximum atomic E-state index is 12.4. The number of amides is 1. The van der Waals surface area contributed by atoms with Crippen molar-refractivity contribution in [2.45, 2.75) is 24.9 Å². The lowest BCUT2D eigenvalue weighted by Crippen LogP contribution is -2.48. The fourth-order valence-electron chi connectivity index (χ4n) is 2.88. The highest BCUT2D eigenvalue weighted by molar-refractivity contribution is 5.86. The van der Waals surface area contributed by atoms with Gasteiger partial charge in [-0.3, -0.25) is 4.79 Å². The molecule has 1 aliphatic rings. The van der Waals surface area contributed by atoms with Crippen LogP contribution in [0.25, 0.3) is 0 Å². The van der Waals surface area contributed by atoms with Crippen molar-refractivity contribution in [3.05, 3.63) is 29.8 Å². The maximum Gasteiger partial charge on any atom is 0.227 e. The van der Waals surface area contributed by atoms with Crippen molar-refractivity contribution < 1.29 is 9.90 Å². The Morgan fingerprint density at radius 3 is 2.90 bits per heavy atom. The van der Waals surface area contributed by atoms with Crippen LogP contribution in [0.3, 0.4) is 0 Å². The quantitative estimate of drug-likeness (QED) is 0.758. The number of hydrogen-bond acceptors (Lipinski definition) is 4. The number of para-hydroxylation sites is 1. The van der Waals surface area contributed by atoms with Gasteiger partial charge in [0.25, 0.3) is 0 Å². The van der Waals surface area contributed by atoms with E-state index in [1.54, 1.807) is 6.92 Å². The monoisotopic (exact) mass is 291 g/mol. The Kier molecular flexibility index (Phi) is 4.85. The van der Waals surface area contributed by atoms with Crippen LogP contribution in [0.15, 0.2) is 24.3 Å². The maximum absolute atomic E-state index is 12.4. The largest absolute Gasteiger partial charge is 0.387 e. The van der Waals surface area contributed by atoms with Gasteiger partial charge in [0.2, 0.25) is 5.91 Å². The van der Waals surface area contributed by atoms with Crippen molar-refractivity contribution in [2.24, 2.45) is 0 Å². The van der Waals surface area contributed by atoms with E-state index in [2.05, 4.69) is 10.6 Å². The molecule has 0 aromatic heterocycles. The second kappa shape index (κ2) is 6.45. The number of nitrogens with zero attached hydrogens (tertiary/aromatic N) is 1. The van der Waals surface area contributed by atoms with Crippen molar-refractivity contribution >= 4 is 11.6 Å². The lowest BCUT2D eigenvalue weighted by atomic mass is 9.90. The summed E-state index contributed by atoms with van der Waals surface area (Å²) >= 11 is 0. The first kappa shape index (κ1) is 15.8. The molecule has 2 rings (SSSR count). The second-order valence-corrected chi connectivity index (χ2v) is 6.31. The van der Waals surface area contributed by atoms with Gasteiger partial charge in [-0.25, -0.2) is 0 Å². The molecule has 5 heteroatoms. The van der Waals surface area contributed by atoms with Gasteiger partial charge in [0.15, 0.2) is 0 Å². The van der Waals surface area contributed by atoms with Crippen LogP contribution in [-0.4, -0.2) is 55.2 Å². The normalized spacial score (nSPS) is 20.3. The predicted molar refractivity (Wildman–Crippen MR) is 84.5 cm³/mol. The molecular weight excluding hydrogens is 266 g/mol. The summed E-state index contributed by atoms with van der Waals surface area (Å²) in [6, 6.07) is 7.91. The Hall–Kier alpha value is -1.59. The van der Waals surface area contributed by atoms with Gasteiger partial charge in [-0.1, -0.05) is 18.2 Å². The van der Waals surface area contributed by atoms with Crippen molar-refractivity contribution in [1.29, 1.82) is 0 Å². The van der Waals surface area contributed by atoms with Gasteiger partial charge >= 0.3 is 0 Å². The molecule has 1 aliphatic heterocycles. The zero-order chi connectivity index (χ0) is 15.5. The third-order valence-corrected chi connectivity index (χ3v) is 3.70. The third kappa shape index (κ3) is 4.19. The zero-order valence-electron chi connectivity index (χ0n) is 13.0. The number of anilines is 1.